The molecular weight excluding hydrogens is 346 g/mol. The van der Waals surface area contributed by atoms with Gasteiger partial charge in [-0.05, 0) is 44.2 Å². The molecule has 2 aliphatic rings. The fourth-order valence-electron chi connectivity index (χ4n) is 3.89. The number of benzene rings is 1. The number of carbonyl (C=O) groups is 1. The van der Waals surface area contributed by atoms with Crippen molar-refractivity contribution in [3.63, 3.8) is 0 Å². The Kier molecular flexibility index (Phi) is 5.41. The first-order valence-electron chi connectivity index (χ1n) is 9.61. The van der Waals surface area contributed by atoms with E-state index in [1.165, 1.54) is 12.8 Å². The average molecular weight is 377 g/mol. The second kappa shape index (κ2) is 7.32. The number of nitrogens with zero attached hydrogens (tertiary/aromatic N) is 1. The van der Waals surface area contributed by atoms with E-state index in [1.807, 2.05) is 25.1 Å². The van der Waals surface area contributed by atoms with E-state index in [1.54, 1.807) is 25.9 Å². The summed E-state index contributed by atoms with van der Waals surface area (Å²) in [7, 11) is 1.62. The molecule has 6 heteroatoms. The minimum Gasteiger partial charge on any atom is -0.497 e. The molecular formula is C21H31NO5. The van der Waals surface area contributed by atoms with Gasteiger partial charge in [-0.25, -0.2) is 0 Å². The van der Waals surface area contributed by atoms with Gasteiger partial charge in [0.05, 0.1) is 19.3 Å². The molecule has 1 aromatic rings. The number of carbonyl (C=O) groups excluding carboxylic acids is 1. The Hall–Kier alpha value is -1.79. The lowest BCUT2D eigenvalue weighted by Gasteiger charge is -2.41. The third-order valence-corrected chi connectivity index (χ3v) is 6.34. The Morgan fingerprint density at radius 1 is 1.37 bits per heavy atom. The van der Waals surface area contributed by atoms with E-state index in [0.717, 1.165) is 17.1 Å². The summed E-state index contributed by atoms with van der Waals surface area (Å²) in [4.78, 5) is 13.8. The third-order valence-electron chi connectivity index (χ3n) is 6.34. The largest absolute Gasteiger partial charge is 0.497 e. The summed E-state index contributed by atoms with van der Waals surface area (Å²) in [6.07, 6.45) is 2.39. The molecule has 0 aromatic heterocycles. The molecule has 1 aliphatic heterocycles. The lowest BCUT2D eigenvalue weighted by atomic mass is 9.66. The van der Waals surface area contributed by atoms with E-state index in [4.69, 9.17) is 9.47 Å². The van der Waals surface area contributed by atoms with Crippen molar-refractivity contribution >= 4 is 5.91 Å². The van der Waals surface area contributed by atoms with Gasteiger partial charge < -0.3 is 24.6 Å². The van der Waals surface area contributed by atoms with Gasteiger partial charge in [-0.2, -0.15) is 0 Å². The smallest absolute Gasteiger partial charge is 0.248 e. The van der Waals surface area contributed by atoms with Crippen LogP contribution in [0.2, 0.25) is 0 Å². The Bertz CT molecular complexity index is 694. The summed E-state index contributed by atoms with van der Waals surface area (Å²) in [5, 5.41) is 20.2. The molecule has 150 valence electrons. The number of likely N-dealkylation sites (tertiary alicyclic amines) is 1. The van der Waals surface area contributed by atoms with Crippen LogP contribution in [-0.2, 0) is 4.79 Å². The van der Waals surface area contributed by atoms with Gasteiger partial charge in [-0.1, -0.05) is 13.0 Å². The molecule has 2 N–H and O–H groups in total. The maximum Gasteiger partial charge on any atom is 0.248 e. The number of rotatable bonds is 7. The molecule has 1 saturated heterocycles. The minimum atomic E-state index is -1.02. The van der Waals surface area contributed by atoms with Gasteiger partial charge in [0.25, 0.3) is 0 Å². The highest BCUT2D eigenvalue weighted by Crippen LogP contribution is 2.52. The molecule has 2 fully saturated rings. The summed E-state index contributed by atoms with van der Waals surface area (Å²) in [5.74, 6) is 1.65. The molecule has 3 rings (SSSR count). The van der Waals surface area contributed by atoms with Crippen LogP contribution in [0.25, 0.3) is 0 Å². The summed E-state index contributed by atoms with van der Waals surface area (Å²) in [6, 6.07) is 5.75. The molecule has 0 spiro atoms. The van der Waals surface area contributed by atoms with E-state index < -0.39 is 17.6 Å². The lowest BCUT2D eigenvalue weighted by molar-refractivity contribution is -0.134. The normalized spacial score (nSPS) is 25.6. The fourth-order valence-corrected chi connectivity index (χ4v) is 3.89. The van der Waals surface area contributed by atoms with Crippen LogP contribution in [-0.4, -0.2) is 60.0 Å². The predicted molar refractivity (Wildman–Crippen MR) is 102 cm³/mol. The van der Waals surface area contributed by atoms with Crippen LogP contribution in [0.1, 0.15) is 45.1 Å². The Morgan fingerprint density at radius 2 is 2.07 bits per heavy atom. The highest BCUT2D eigenvalue weighted by Gasteiger charge is 2.54. The van der Waals surface area contributed by atoms with Gasteiger partial charge in [0.15, 0.2) is 0 Å². The average Bonchev–Trinajstić information content (AvgIpc) is 3.39. The van der Waals surface area contributed by atoms with Crippen LogP contribution in [0, 0.1) is 11.3 Å². The summed E-state index contributed by atoms with van der Waals surface area (Å²) < 4.78 is 11.5. The maximum absolute atomic E-state index is 12.2. The van der Waals surface area contributed by atoms with E-state index in [-0.39, 0.29) is 11.8 Å². The molecule has 0 bridgehead atoms. The Morgan fingerprint density at radius 3 is 2.63 bits per heavy atom. The topological polar surface area (TPSA) is 79.2 Å². The molecule has 6 nitrogen and oxygen atoms in total. The predicted octanol–water partition coefficient (Wildman–Crippen LogP) is 2.18. The van der Waals surface area contributed by atoms with Crippen molar-refractivity contribution in [2.75, 3.05) is 33.4 Å². The van der Waals surface area contributed by atoms with Gasteiger partial charge in [0.1, 0.15) is 18.1 Å². The van der Waals surface area contributed by atoms with Gasteiger partial charge in [-0.3, -0.25) is 4.79 Å². The Balaban J connectivity index is 1.98. The fraction of sp³-hybridized carbons (Fsp3) is 0.667. The van der Waals surface area contributed by atoms with Gasteiger partial charge in [0, 0.05) is 30.5 Å². The van der Waals surface area contributed by atoms with Crippen molar-refractivity contribution in [2.24, 2.45) is 11.3 Å². The van der Waals surface area contributed by atoms with Crippen molar-refractivity contribution in [3.05, 3.63) is 23.8 Å². The molecule has 1 heterocycles. The molecule has 0 radical (unpaired) electrons. The molecule has 0 unspecified atom stereocenters. The number of amides is 1. The zero-order valence-corrected chi connectivity index (χ0v) is 16.7. The molecule has 1 saturated carbocycles. The van der Waals surface area contributed by atoms with E-state index in [9.17, 15) is 15.0 Å². The molecule has 1 amide bonds. The second-order valence-corrected chi connectivity index (χ2v) is 8.62. The SMILES string of the molecule is COc1ccc([C@@H]2CN(C(=O)CO)C[C@@]2(C)C(C)(C)O)c(OCC2CC2)c1. The summed E-state index contributed by atoms with van der Waals surface area (Å²) in [5.41, 5.74) is -0.630. The number of aliphatic hydroxyl groups excluding tert-OH is 1. The zero-order chi connectivity index (χ0) is 19.8. The van der Waals surface area contributed by atoms with Crippen molar-refractivity contribution in [2.45, 2.75) is 45.1 Å². The molecule has 1 aromatic carbocycles. The van der Waals surface area contributed by atoms with Crippen LogP contribution >= 0.6 is 0 Å². The standard InChI is InChI=1S/C21H31NO5/c1-20(2,25)21(3)13-22(19(24)11-23)10-17(21)16-8-7-15(26-4)9-18(16)27-12-14-5-6-14/h7-9,14,17,23,25H,5-6,10-13H2,1-4H3/t17-,21+/m0/s1. The van der Waals surface area contributed by atoms with Crippen molar-refractivity contribution < 1.29 is 24.5 Å². The first-order valence-corrected chi connectivity index (χ1v) is 9.61. The number of methoxy groups -OCH3 is 1. The van der Waals surface area contributed by atoms with Crippen LogP contribution in [0.4, 0.5) is 0 Å². The molecule has 27 heavy (non-hydrogen) atoms. The number of hydrogen-bond donors (Lipinski definition) is 2. The van der Waals surface area contributed by atoms with E-state index in [0.29, 0.717) is 25.6 Å². The highest BCUT2D eigenvalue weighted by atomic mass is 16.5. The first-order chi connectivity index (χ1) is 12.7. The van der Waals surface area contributed by atoms with E-state index >= 15 is 0 Å². The van der Waals surface area contributed by atoms with Gasteiger partial charge >= 0.3 is 0 Å². The maximum atomic E-state index is 12.2. The Labute approximate surface area is 161 Å². The van der Waals surface area contributed by atoms with Gasteiger partial charge in [-0.15, -0.1) is 0 Å². The number of ether oxygens (including phenoxy) is 2. The van der Waals surface area contributed by atoms with Crippen LogP contribution in [0.15, 0.2) is 18.2 Å². The van der Waals surface area contributed by atoms with Crippen molar-refractivity contribution in [1.82, 2.24) is 4.90 Å². The quantitative estimate of drug-likeness (QED) is 0.761. The van der Waals surface area contributed by atoms with Gasteiger partial charge in [0.2, 0.25) is 5.91 Å². The van der Waals surface area contributed by atoms with Crippen LogP contribution in [0.3, 0.4) is 0 Å². The highest BCUT2D eigenvalue weighted by molar-refractivity contribution is 5.78. The van der Waals surface area contributed by atoms with Crippen molar-refractivity contribution in [1.29, 1.82) is 0 Å². The van der Waals surface area contributed by atoms with Crippen LogP contribution in [0.5, 0.6) is 11.5 Å². The first kappa shape index (κ1) is 20.0. The van der Waals surface area contributed by atoms with E-state index in [2.05, 4.69) is 0 Å². The summed E-state index contributed by atoms with van der Waals surface area (Å²) >= 11 is 0. The zero-order valence-electron chi connectivity index (χ0n) is 16.7. The minimum absolute atomic E-state index is 0.117. The monoisotopic (exact) mass is 377 g/mol. The molecule has 1 aliphatic carbocycles. The third kappa shape index (κ3) is 3.92. The number of hydrogen-bond acceptors (Lipinski definition) is 5. The lowest BCUT2D eigenvalue weighted by Crippen LogP contribution is -2.47. The second-order valence-electron chi connectivity index (χ2n) is 8.62. The summed E-state index contributed by atoms with van der Waals surface area (Å²) in [6.45, 7) is 6.52. The molecule has 2 atom stereocenters. The van der Waals surface area contributed by atoms with Crippen molar-refractivity contribution in [3.8, 4) is 11.5 Å². The number of aliphatic hydroxyl groups is 2. The van der Waals surface area contributed by atoms with Crippen LogP contribution < -0.4 is 9.47 Å².